The van der Waals surface area contributed by atoms with E-state index in [1.165, 1.54) is 18.2 Å². The molecule has 23 heavy (non-hydrogen) atoms. The minimum Gasteiger partial charge on any atom is -0.398 e. The average molecular weight is 339 g/mol. The summed E-state index contributed by atoms with van der Waals surface area (Å²) >= 11 is 0. The second-order valence-electron chi connectivity index (χ2n) is 5.60. The lowest BCUT2D eigenvalue weighted by molar-refractivity contribution is -0.384. The molecule has 1 fully saturated rings. The number of nitro benzene ring substituents is 1. The lowest BCUT2D eigenvalue weighted by atomic mass is 9.94. The fourth-order valence-electron chi connectivity index (χ4n) is 2.89. The van der Waals surface area contributed by atoms with Crippen LogP contribution in [0.2, 0.25) is 0 Å². The Kier molecular flexibility index (Phi) is 5.70. The lowest BCUT2D eigenvalue weighted by Crippen LogP contribution is -2.47. The molecule has 0 aliphatic heterocycles. The minimum atomic E-state index is -0.988. The van der Waals surface area contributed by atoms with E-state index in [1.54, 1.807) is 0 Å². The van der Waals surface area contributed by atoms with Gasteiger partial charge in [-0.25, -0.2) is 0 Å². The summed E-state index contributed by atoms with van der Waals surface area (Å²) in [5.74, 6) is 0.104. The molecule has 1 saturated carbocycles. The van der Waals surface area contributed by atoms with E-state index in [4.69, 9.17) is 5.73 Å². The average Bonchev–Trinajstić information content (AvgIpc) is 2.54. The number of hydrogen-bond donors (Lipinski definition) is 2. The molecule has 8 heteroatoms. The summed E-state index contributed by atoms with van der Waals surface area (Å²) in [6.07, 6.45) is 3.54. The SMILES string of the molecule is CC[S@](=O)[C@H]1CCCC[C@H]1NC(=O)c1cc([N+](=O)[O-])ccc1N. The summed E-state index contributed by atoms with van der Waals surface area (Å²) in [7, 11) is -0.988. The fraction of sp³-hybridized carbons (Fsp3) is 0.533. The highest BCUT2D eigenvalue weighted by atomic mass is 32.2. The maximum absolute atomic E-state index is 12.5. The second-order valence-corrected chi connectivity index (χ2v) is 7.55. The number of amides is 1. The van der Waals surface area contributed by atoms with Gasteiger partial charge in [0.2, 0.25) is 0 Å². The normalized spacial score (nSPS) is 22.3. The van der Waals surface area contributed by atoms with Gasteiger partial charge in [-0.2, -0.15) is 0 Å². The maximum Gasteiger partial charge on any atom is 0.270 e. The van der Waals surface area contributed by atoms with Crippen LogP contribution in [-0.4, -0.2) is 32.1 Å². The van der Waals surface area contributed by atoms with Gasteiger partial charge in [-0.3, -0.25) is 19.1 Å². The first-order valence-corrected chi connectivity index (χ1v) is 9.04. The highest BCUT2D eigenvalue weighted by Crippen LogP contribution is 2.25. The number of nitrogens with zero attached hydrogens (tertiary/aromatic N) is 1. The van der Waals surface area contributed by atoms with Crippen LogP contribution in [-0.2, 0) is 10.8 Å². The quantitative estimate of drug-likeness (QED) is 0.483. The first-order chi connectivity index (χ1) is 10.9. The predicted octanol–water partition coefficient (Wildman–Crippen LogP) is 1.99. The molecule has 1 aliphatic carbocycles. The maximum atomic E-state index is 12.5. The van der Waals surface area contributed by atoms with Crippen molar-refractivity contribution in [3.05, 3.63) is 33.9 Å². The molecule has 1 aromatic carbocycles. The van der Waals surface area contributed by atoms with E-state index in [0.29, 0.717) is 5.75 Å². The first-order valence-electron chi connectivity index (χ1n) is 7.66. The Balaban J connectivity index is 2.18. The Hall–Kier alpha value is -1.96. The van der Waals surface area contributed by atoms with Crippen molar-refractivity contribution in [2.75, 3.05) is 11.5 Å². The topological polar surface area (TPSA) is 115 Å². The number of nitrogens with one attached hydrogen (secondary N) is 1. The Morgan fingerprint density at radius 2 is 2.13 bits per heavy atom. The molecular formula is C15H21N3O4S. The van der Waals surface area contributed by atoms with Crippen LogP contribution in [0.5, 0.6) is 0 Å². The van der Waals surface area contributed by atoms with Gasteiger partial charge in [-0.1, -0.05) is 19.8 Å². The van der Waals surface area contributed by atoms with Crippen LogP contribution in [0.25, 0.3) is 0 Å². The van der Waals surface area contributed by atoms with Crippen LogP contribution in [0.3, 0.4) is 0 Å². The molecule has 0 radical (unpaired) electrons. The number of carbonyl (C=O) groups is 1. The van der Waals surface area contributed by atoms with Gasteiger partial charge in [-0.15, -0.1) is 0 Å². The summed E-state index contributed by atoms with van der Waals surface area (Å²) in [6, 6.07) is 3.62. The third-order valence-electron chi connectivity index (χ3n) is 4.13. The molecule has 7 nitrogen and oxygen atoms in total. The molecule has 0 unspecified atom stereocenters. The Labute approximate surface area is 137 Å². The van der Waals surface area contributed by atoms with Gasteiger partial charge < -0.3 is 11.1 Å². The molecule has 0 bridgehead atoms. The van der Waals surface area contributed by atoms with E-state index in [1.807, 2.05) is 6.92 Å². The van der Waals surface area contributed by atoms with Crippen LogP contribution in [0.15, 0.2) is 18.2 Å². The van der Waals surface area contributed by atoms with Crippen molar-refractivity contribution < 1.29 is 13.9 Å². The van der Waals surface area contributed by atoms with E-state index < -0.39 is 21.6 Å². The van der Waals surface area contributed by atoms with E-state index in [2.05, 4.69) is 5.32 Å². The zero-order valence-electron chi connectivity index (χ0n) is 13.0. The number of nitrogens with two attached hydrogens (primary N) is 1. The standard InChI is InChI=1S/C15H21N3O4S/c1-2-23(22)14-6-4-3-5-13(14)17-15(19)11-9-10(18(20)21)7-8-12(11)16/h7-9,13-14H,2-6,16H2,1H3,(H,17,19)/t13-,14+,23+/m1/s1. The molecule has 1 amide bonds. The van der Waals surface area contributed by atoms with E-state index in [-0.39, 0.29) is 28.2 Å². The molecule has 0 aromatic heterocycles. The molecule has 1 aromatic rings. The number of nitrogen functional groups attached to an aromatic ring is 1. The van der Waals surface area contributed by atoms with Gasteiger partial charge in [0.05, 0.1) is 15.7 Å². The summed E-state index contributed by atoms with van der Waals surface area (Å²) in [5, 5.41) is 13.7. The van der Waals surface area contributed by atoms with Crippen LogP contribution in [0.1, 0.15) is 43.0 Å². The Morgan fingerprint density at radius 1 is 1.43 bits per heavy atom. The van der Waals surface area contributed by atoms with E-state index in [0.717, 1.165) is 25.7 Å². The fourth-order valence-corrected chi connectivity index (χ4v) is 4.32. The molecule has 3 atom stereocenters. The predicted molar refractivity (Wildman–Crippen MR) is 89.7 cm³/mol. The first kappa shape index (κ1) is 17.4. The van der Waals surface area contributed by atoms with Crippen LogP contribution in [0, 0.1) is 10.1 Å². The van der Waals surface area contributed by atoms with Gasteiger partial charge in [-0.05, 0) is 18.9 Å². The summed E-state index contributed by atoms with van der Waals surface area (Å²) < 4.78 is 12.2. The molecule has 0 spiro atoms. The van der Waals surface area contributed by atoms with Crippen molar-refractivity contribution in [1.82, 2.24) is 5.32 Å². The molecular weight excluding hydrogens is 318 g/mol. The van der Waals surface area contributed by atoms with Crippen LogP contribution < -0.4 is 11.1 Å². The number of non-ortho nitro benzene ring substituents is 1. The third kappa shape index (κ3) is 4.07. The monoisotopic (exact) mass is 339 g/mol. The number of carbonyl (C=O) groups excluding carboxylic acids is 1. The Morgan fingerprint density at radius 3 is 2.78 bits per heavy atom. The summed E-state index contributed by atoms with van der Waals surface area (Å²) in [5.41, 5.74) is 5.87. The zero-order chi connectivity index (χ0) is 17.0. The molecule has 2 rings (SSSR count). The number of rotatable bonds is 5. The second kappa shape index (κ2) is 7.54. The number of benzene rings is 1. The lowest BCUT2D eigenvalue weighted by Gasteiger charge is -2.31. The van der Waals surface area contributed by atoms with Gasteiger partial charge in [0.1, 0.15) is 0 Å². The number of anilines is 1. The molecule has 3 N–H and O–H groups in total. The van der Waals surface area contributed by atoms with Crippen LogP contribution >= 0.6 is 0 Å². The zero-order valence-corrected chi connectivity index (χ0v) is 13.8. The van der Waals surface area contributed by atoms with E-state index in [9.17, 15) is 19.1 Å². The molecule has 0 saturated heterocycles. The van der Waals surface area contributed by atoms with E-state index >= 15 is 0 Å². The number of hydrogen-bond acceptors (Lipinski definition) is 5. The molecule has 0 heterocycles. The van der Waals surface area contributed by atoms with Crippen LogP contribution in [0.4, 0.5) is 11.4 Å². The summed E-state index contributed by atoms with van der Waals surface area (Å²) in [6.45, 7) is 1.86. The highest BCUT2D eigenvalue weighted by molar-refractivity contribution is 7.85. The molecule has 126 valence electrons. The van der Waals surface area contributed by atoms with Crippen molar-refractivity contribution in [3.8, 4) is 0 Å². The van der Waals surface area contributed by atoms with Gasteiger partial charge in [0.15, 0.2) is 0 Å². The summed E-state index contributed by atoms with van der Waals surface area (Å²) in [4.78, 5) is 22.7. The van der Waals surface area contributed by atoms with Gasteiger partial charge in [0.25, 0.3) is 11.6 Å². The smallest absolute Gasteiger partial charge is 0.270 e. The largest absolute Gasteiger partial charge is 0.398 e. The Bertz CT molecular complexity index is 635. The third-order valence-corrected chi connectivity index (χ3v) is 5.94. The van der Waals surface area contributed by atoms with Crippen molar-refractivity contribution in [2.45, 2.75) is 43.9 Å². The van der Waals surface area contributed by atoms with Gasteiger partial charge >= 0.3 is 0 Å². The number of nitro groups is 1. The van der Waals surface area contributed by atoms with Gasteiger partial charge in [0, 0.05) is 40.4 Å². The van der Waals surface area contributed by atoms with Crippen molar-refractivity contribution in [1.29, 1.82) is 0 Å². The van der Waals surface area contributed by atoms with Crippen molar-refractivity contribution >= 4 is 28.1 Å². The minimum absolute atomic E-state index is 0.0716. The van der Waals surface area contributed by atoms with Crippen molar-refractivity contribution in [2.24, 2.45) is 0 Å². The highest BCUT2D eigenvalue weighted by Gasteiger charge is 2.31. The molecule has 1 aliphatic rings. The van der Waals surface area contributed by atoms with Crippen molar-refractivity contribution in [3.63, 3.8) is 0 Å².